The van der Waals surface area contributed by atoms with E-state index in [9.17, 15) is 0 Å². The number of rotatable bonds is 6. The number of methoxy groups -OCH3 is 1. The minimum Gasteiger partial charge on any atom is -0.383 e. The summed E-state index contributed by atoms with van der Waals surface area (Å²) < 4.78 is 8.00. The van der Waals surface area contributed by atoms with Crippen LogP contribution in [-0.2, 0) is 11.3 Å². The average Bonchev–Trinajstić information content (AvgIpc) is 2.79. The van der Waals surface area contributed by atoms with Gasteiger partial charge in [-0.1, -0.05) is 0 Å². The van der Waals surface area contributed by atoms with Crippen LogP contribution >= 0.6 is 15.9 Å². The fourth-order valence-corrected chi connectivity index (χ4v) is 2.60. The van der Waals surface area contributed by atoms with Crippen molar-refractivity contribution in [1.29, 1.82) is 0 Å². The number of hydrogen-bond acceptors (Lipinski definition) is 5. The van der Waals surface area contributed by atoms with E-state index in [0.717, 1.165) is 21.7 Å². The van der Waals surface area contributed by atoms with Crippen LogP contribution in [-0.4, -0.2) is 40.5 Å². The Kier molecular flexibility index (Phi) is 5.22. The van der Waals surface area contributed by atoms with Gasteiger partial charge in [-0.25, -0.2) is 9.97 Å². The van der Waals surface area contributed by atoms with Gasteiger partial charge in [0.15, 0.2) is 0 Å². The molecule has 0 fully saturated rings. The first-order valence-electron chi connectivity index (χ1n) is 6.34. The van der Waals surface area contributed by atoms with Crippen LogP contribution in [0, 0.1) is 6.92 Å². The second-order valence-corrected chi connectivity index (χ2v) is 5.20. The molecule has 2 aromatic rings. The SMILES string of the molecule is CNC(c1ccnc(C)n1)c1c(Br)cnn1CCOC. The van der Waals surface area contributed by atoms with Crippen molar-refractivity contribution < 1.29 is 4.74 Å². The molecule has 2 rings (SSSR count). The first-order chi connectivity index (χ1) is 9.67. The molecule has 0 bridgehead atoms. The minimum absolute atomic E-state index is 0.0505. The summed E-state index contributed by atoms with van der Waals surface area (Å²) in [6, 6.07) is 1.86. The van der Waals surface area contributed by atoms with Gasteiger partial charge >= 0.3 is 0 Å². The highest BCUT2D eigenvalue weighted by atomic mass is 79.9. The van der Waals surface area contributed by atoms with E-state index >= 15 is 0 Å². The Morgan fingerprint density at radius 1 is 1.50 bits per heavy atom. The van der Waals surface area contributed by atoms with Crippen LogP contribution in [0.4, 0.5) is 0 Å². The Bertz CT molecular complexity index is 572. The van der Waals surface area contributed by atoms with Gasteiger partial charge in [-0.2, -0.15) is 5.10 Å². The smallest absolute Gasteiger partial charge is 0.125 e. The van der Waals surface area contributed by atoms with Crippen molar-refractivity contribution in [2.45, 2.75) is 19.5 Å². The molecule has 0 spiro atoms. The Morgan fingerprint density at radius 3 is 2.95 bits per heavy atom. The second kappa shape index (κ2) is 6.92. The van der Waals surface area contributed by atoms with Gasteiger partial charge in [-0.15, -0.1) is 0 Å². The lowest BCUT2D eigenvalue weighted by Crippen LogP contribution is -2.24. The first-order valence-corrected chi connectivity index (χ1v) is 7.13. The normalized spacial score (nSPS) is 12.6. The quantitative estimate of drug-likeness (QED) is 0.867. The summed E-state index contributed by atoms with van der Waals surface area (Å²) in [4.78, 5) is 8.64. The number of halogens is 1. The summed E-state index contributed by atoms with van der Waals surface area (Å²) in [6.07, 6.45) is 3.56. The van der Waals surface area contributed by atoms with E-state index in [2.05, 4.69) is 36.3 Å². The highest BCUT2D eigenvalue weighted by molar-refractivity contribution is 9.10. The van der Waals surface area contributed by atoms with Crippen LogP contribution < -0.4 is 5.32 Å². The van der Waals surface area contributed by atoms with E-state index in [0.29, 0.717) is 13.2 Å². The summed E-state index contributed by atoms with van der Waals surface area (Å²) in [5.74, 6) is 0.752. The Labute approximate surface area is 126 Å². The zero-order valence-corrected chi connectivity index (χ0v) is 13.4. The van der Waals surface area contributed by atoms with Crippen molar-refractivity contribution in [3.8, 4) is 0 Å². The Hall–Kier alpha value is -1.31. The molecule has 0 saturated carbocycles. The zero-order chi connectivity index (χ0) is 14.5. The number of nitrogens with zero attached hydrogens (tertiary/aromatic N) is 4. The van der Waals surface area contributed by atoms with Gasteiger partial charge in [0.1, 0.15) is 5.82 Å². The summed E-state index contributed by atoms with van der Waals surface area (Å²) in [7, 11) is 3.59. The Morgan fingerprint density at radius 2 is 2.30 bits per heavy atom. The molecule has 0 aliphatic heterocycles. The summed E-state index contributed by atoms with van der Waals surface area (Å²) in [5.41, 5.74) is 1.95. The summed E-state index contributed by atoms with van der Waals surface area (Å²) >= 11 is 3.56. The van der Waals surface area contributed by atoms with Crippen LogP contribution in [0.25, 0.3) is 0 Å². The first kappa shape index (κ1) is 15.1. The maximum Gasteiger partial charge on any atom is 0.125 e. The molecule has 1 atom stereocenters. The van der Waals surface area contributed by atoms with Crippen LogP contribution in [0.3, 0.4) is 0 Å². The molecule has 2 aromatic heterocycles. The molecular formula is C13H18BrN5O. The van der Waals surface area contributed by atoms with Gasteiger partial charge in [0.2, 0.25) is 0 Å². The molecule has 0 aliphatic rings. The minimum atomic E-state index is -0.0505. The van der Waals surface area contributed by atoms with Gasteiger partial charge in [0, 0.05) is 13.3 Å². The number of nitrogens with one attached hydrogen (secondary N) is 1. The molecule has 0 aliphatic carbocycles. The maximum atomic E-state index is 5.13. The summed E-state index contributed by atoms with van der Waals surface area (Å²) in [5, 5.41) is 7.66. The molecule has 0 radical (unpaired) electrons. The maximum absolute atomic E-state index is 5.13. The van der Waals surface area contributed by atoms with E-state index < -0.39 is 0 Å². The lowest BCUT2D eigenvalue weighted by molar-refractivity contribution is 0.182. The van der Waals surface area contributed by atoms with Crippen LogP contribution in [0.5, 0.6) is 0 Å². The fraction of sp³-hybridized carbons (Fsp3) is 0.462. The molecule has 0 amide bonds. The van der Waals surface area contributed by atoms with Crippen LogP contribution in [0.15, 0.2) is 22.9 Å². The van der Waals surface area contributed by atoms with E-state index in [1.807, 2.05) is 24.7 Å². The topological polar surface area (TPSA) is 64.9 Å². The van der Waals surface area contributed by atoms with Crippen molar-refractivity contribution in [2.75, 3.05) is 20.8 Å². The highest BCUT2D eigenvalue weighted by Gasteiger charge is 2.21. The molecular weight excluding hydrogens is 322 g/mol. The van der Waals surface area contributed by atoms with E-state index in [1.165, 1.54) is 0 Å². The molecule has 0 saturated heterocycles. The van der Waals surface area contributed by atoms with Gasteiger partial charge < -0.3 is 10.1 Å². The standard InChI is InChI=1S/C13H18BrN5O/c1-9-16-5-4-11(18-9)12(15-2)13-10(14)8-17-19(13)6-7-20-3/h4-5,8,12,15H,6-7H2,1-3H3. The average molecular weight is 340 g/mol. The van der Waals surface area contributed by atoms with E-state index in [1.54, 1.807) is 19.5 Å². The van der Waals surface area contributed by atoms with Crippen molar-refractivity contribution in [2.24, 2.45) is 0 Å². The lowest BCUT2D eigenvalue weighted by atomic mass is 10.1. The third-order valence-corrected chi connectivity index (χ3v) is 3.61. The van der Waals surface area contributed by atoms with Gasteiger partial charge in [0.25, 0.3) is 0 Å². The third kappa shape index (κ3) is 3.23. The number of ether oxygens (including phenoxy) is 1. The van der Waals surface area contributed by atoms with Gasteiger partial charge in [-0.3, -0.25) is 4.68 Å². The largest absolute Gasteiger partial charge is 0.383 e. The molecule has 108 valence electrons. The number of hydrogen-bond donors (Lipinski definition) is 1. The molecule has 1 N–H and O–H groups in total. The molecule has 20 heavy (non-hydrogen) atoms. The van der Waals surface area contributed by atoms with E-state index in [4.69, 9.17) is 4.74 Å². The monoisotopic (exact) mass is 339 g/mol. The van der Waals surface area contributed by atoms with Crippen LogP contribution in [0.2, 0.25) is 0 Å². The summed E-state index contributed by atoms with van der Waals surface area (Å²) in [6.45, 7) is 3.19. The lowest BCUT2D eigenvalue weighted by Gasteiger charge is -2.18. The van der Waals surface area contributed by atoms with Crippen LogP contribution in [0.1, 0.15) is 23.3 Å². The molecule has 6 nitrogen and oxygen atoms in total. The molecule has 1 unspecified atom stereocenters. The molecule has 0 aromatic carbocycles. The zero-order valence-electron chi connectivity index (χ0n) is 11.8. The third-order valence-electron chi connectivity index (χ3n) is 3.00. The van der Waals surface area contributed by atoms with Gasteiger partial charge in [0.05, 0.1) is 41.3 Å². The second-order valence-electron chi connectivity index (χ2n) is 4.34. The van der Waals surface area contributed by atoms with Crippen molar-refractivity contribution in [3.05, 3.63) is 40.1 Å². The van der Waals surface area contributed by atoms with Crippen molar-refractivity contribution in [1.82, 2.24) is 25.1 Å². The molecule has 7 heteroatoms. The fourth-order valence-electron chi connectivity index (χ4n) is 2.07. The van der Waals surface area contributed by atoms with E-state index in [-0.39, 0.29) is 6.04 Å². The highest BCUT2D eigenvalue weighted by Crippen LogP contribution is 2.27. The molecule has 2 heterocycles. The van der Waals surface area contributed by atoms with Crippen molar-refractivity contribution in [3.63, 3.8) is 0 Å². The number of aromatic nitrogens is 4. The predicted molar refractivity (Wildman–Crippen MR) is 79.5 cm³/mol. The van der Waals surface area contributed by atoms with Crippen molar-refractivity contribution >= 4 is 15.9 Å². The van der Waals surface area contributed by atoms with Gasteiger partial charge in [-0.05, 0) is 36.0 Å². The number of aryl methyl sites for hydroxylation is 1. The predicted octanol–water partition coefficient (Wildman–Crippen LogP) is 1.70. The Balaban J connectivity index is 2.38.